The van der Waals surface area contributed by atoms with Crippen molar-refractivity contribution in [3.63, 3.8) is 0 Å². The van der Waals surface area contributed by atoms with Gasteiger partial charge in [0.25, 0.3) is 0 Å². The molecule has 3 aromatic carbocycles. The molecular weight excluding hydrogens is 467 g/mol. The zero-order valence-electron chi connectivity index (χ0n) is 19.1. The third-order valence-corrected chi connectivity index (χ3v) is 6.38. The van der Waals surface area contributed by atoms with Gasteiger partial charge in [0.05, 0.1) is 11.2 Å². The molecule has 0 spiro atoms. The highest BCUT2D eigenvalue weighted by atomic mass is 35.5. The highest BCUT2D eigenvalue weighted by Crippen LogP contribution is 2.41. The summed E-state index contributed by atoms with van der Waals surface area (Å²) in [6, 6.07) is 15.3. The predicted molar refractivity (Wildman–Crippen MR) is 139 cm³/mol. The van der Waals surface area contributed by atoms with Crippen molar-refractivity contribution in [2.75, 3.05) is 24.5 Å². The summed E-state index contributed by atoms with van der Waals surface area (Å²) in [6.45, 7) is 4.16. The number of allylic oxidation sites excluding steroid dienone is 1. The van der Waals surface area contributed by atoms with Gasteiger partial charge in [0.2, 0.25) is 0 Å². The number of nitrogens with two attached hydrogens (primary N) is 1. The Balaban J connectivity index is 1.77. The quantitative estimate of drug-likeness (QED) is 0.272. The number of fused-ring (bicyclic) bond motifs is 2. The van der Waals surface area contributed by atoms with E-state index in [0.717, 1.165) is 29.7 Å². The summed E-state index contributed by atoms with van der Waals surface area (Å²) in [5.74, 6) is 0.00580. The Labute approximate surface area is 206 Å². The second-order valence-corrected chi connectivity index (χ2v) is 8.82. The maximum atomic E-state index is 16.3. The fraction of sp³-hybridized carbons (Fsp3) is 0.192. The minimum absolute atomic E-state index is 0.0487. The van der Waals surface area contributed by atoms with Crippen LogP contribution in [0, 0.1) is 11.2 Å². The fourth-order valence-corrected chi connectivity index (χ4v) is 4.77. The van der Waals surface area contributed by atoms with Crippen LogP contribution in [0.1, 0.15) is 6.92 Å². The zero-order valence-corrected chi connectivity index (χ0v) is 19.8. The van der Waals surface area contributed by atoms with E-state index in [1.165, 1.54) is 0 Å². The number of hydrogen-bond acceptors (Lipinski definition) is 7. The number of aromatic nitrogens is 2. The second-order valence-electron chi connectivity index (χ2n) is 8.42. The number of piperazine rings is 1. The number of rotatable bonds is 5. The van der Waals surface area contributed by atoms with Crippen LogP contribution in [0.15, 0.2) is 60.5 Å². The third kappa shape index (κ3) is 4.26. The third-order valence-electron chi connectivity index (χ3n) is 6.09. The van der Waals surface area contributed by atoms with Gasteiger partial charge in [-0.1, -0.05) is 54.1 Å². The van der Waals surface area contributed by atoms with E-state index in [1.54, 1.807) is 6.07 Å². The van der Waals surface area contributed by atoms with Crippen LogP contribution in [0.3, 0.4) is 0 Å². The van der Waals surface area contributed by atoms with Gasteiger partial charge in [0.15, 0.2) is 11.6 Å². The first-order chi connectivity index (χ1) is 17.0. The first kappa shape index (κ1) is 23.0. The molecule has 1 unspecified atom stereocenters. The Kier molecular flexibility index (Phi) is 6.23. The van der Waals surface area contributed by atoms with Crippen LogP contribution in [0.2, 0.25) is 5.02 Å². The molecule has 1 saturated heterocycles. The molecule has 1 aliphatic heterocycles. The van der Waals surface area contributed by atoms with Gasteiger partial charge in [-0.2, -0.15) is 9.97 Å². The Bertz CT molecular complexity index is 1470. The molecule has 5 rings (SSSR count). The standard InChI is InChI=1S/C26H24ClFN6O/c1-15-14-34(10-9-31-15)25-20-11-21(27)22(19-8-4-6-16-5-2-3-7-18(16)19)23(28)24(20)32-26(33-25)35-17(12-29)13-30/h2-8,11-13,15,29,31H,9-10,14,30H2,1H3/b17-13+,29-12?. The maximum absolute atomic E-state index is 16.3. The molecule has 0 bridgehead atoms. The Hall–Kier alpha value is -3.75. The normalized spacial score (nSPS) is 16.6. The number of hydrogen-bond donors (Lipinski definition) is 3. The van der Waals surface area contributed by atoms with Gasteiger partial charge in [-0.3, -0.25) is 0 Å². The fourth-order valence-electron chi connectivity index (χ4n) is 4.48. The predicted octanol–water partition coefficient (Wildman–Crippen LogP) is 4.87. The molecule has 1 fully saturated rings. The van der Waals surface area contributed by atoms with Crippen molar-refractivity contribution in [1.82, 2.24) is 15.3 Å². The van der Waals surface area contributed by atoms with Crippen LogP contribution in [0.4, 0.5) is 10.2 Å². The van der Waals surface area contributed by atoms with Crippen LogP contribution in [0.25, 0.3) is 32.8 Å². The molecule has 7 nitrogen and oxygen atoms in total. The van der Waals surface area contributed by atoms with E-state index < -0.39 is 5.82 Å². The van der Waals surface area contributed by atoms with Crippen molar-refractivity contribution in [2.24, 2.45) is 5.73 Å². The summed E-state index contributed by atoms with van der Waals surface area (Å²) in [5, 5.41) is 13.5. The summed E-state index contributed by atoms with van der Waals surface area (Å²) < 4.78 is 21.9. The largest absolute Gasteiger partial charge is 0.421 e. The van der Waals surface area contributed by atoms with E-state index in [0.29, 0.717) is 29.9 Å². The highest BCUT2D eigenvalue weighted by Gasteiger charge is 2.25. The van der Waals surface area contributed by atoms with Crippen LogP contribution in [-0.4, -0.2) is 41.9 Å². The minimum atomic E-state index is -0.561. The lowest BCUT2D eigenvalue weighted by molar-refractivity contribution is 0.416. The van der Waals surface area contributed by atoms with Gasteiger partial charge in [-0.25, -0.2) is 4.39 Å². The molecule has 9 heteroatoms. The number of nitrogens with zero attached hydrogens (tertiary/aromatic N) is 3. The molecule has 35 heavy (non-hydrogen) atoms. The topological polar surface area (TPSA) is 100 Å². The number of nitrogens with one attached hydrogen (secondary N) is 2. The first-order valence-corrected chi connectivity index (χ1v) is 11.6. The first-order valence-electron chi connectivity index (χ1n) is 11.3. The van der Waals surface area contributed by atoms with Crippen molar-refractivity contribution >= 4 is 45.3 Å². The Morgan fingerprint density at radius 2 is 2.03 bits per heavy atom. The summed E-state index contributed by atoms with van der Waals surface area (Å²) >= 11 is 6.74. The van der Waals surface area contributed by atoms with Crippen molar-refractivity contribution in [3.8, 4) is 17.1 Å². The van der Waals surface area contributed by atoms with Gasteiger partial charge in [0.1, 0.15) is 11.3 Å². The maximum Gasteiger partial charge on any atom is 0.324 e. The van der Waals surface area contributed by atoms with Crippen molar-refractivity contribution < 1.29 is 9.13 Å². The minimum Gasteiger partial charge on any atom is -0.421 e. The molecule has 1 aromatic heterocycles. The molecule has 178 valence electrons. The average Bonchev–Trinajstić information content (AvgIpc) is 2.87. The van der Waals surface area contributed by atoms with Crippen LogP contribution < -0.4 is 20.7 Å². The number of anilines is 1. The van der Waals surface area contributed by atoms with Crippen molar-refractivity contribution in [1.29, 1.82) is 5.41 Å². The molecule has 1 aliphatic rings. The summed E-state index contributed by atoms with van der Waals surface area (Å²) in [7, 11) is 0. The summed E-state index contributed by atoms with van der Waals surface area (Å²) in [6.07, 6.45) is 2.08. The van der Waals surface area contributed by atoms with Crippen LogP contribution in [0.5, 0.6) is 6.01 Å². The van der Waals surface area contributed by atoms with Crippen molar-refractivity contribution in [2.45, 2.75) is 13.0 Å². The SMILES string of the molecule is CC1CN(c2nc(O/C(C=N)=C/N)nc3c(F)c(-c4cccc5ccccc45)c(Cl)cc23)CCN1. The van der Waals surface area contributed by atoms with E-state index in [1.807, 2.05) is 42.5 Å². The molecule has 0 saturated carbocycles. The lowest BCUT2D eigenvalue weighted by Crippen LogP contribution is -2.49. The van der Waals surface area contributed by atoms with Crippen molar-refractivity contribution in [3.05, 3.63) is 71.3 Å². The molecule has 0 radical (unpaired) electrons. The molecule has 4 aromatic rings. The highest BCUT2D eigenvalue weighted by molar-refractivity contribution is 6.35. The van der Waals surface area contributed by atoms with Crippen LogP contribution >= 0.6 is 11.6 Å². The van der Waals surface area contributed by atoms with Crippen LogP contribution in [-0.2, 0) is 0 Å². The monoisotopic (exact) mass is 490 g/mol. The molecular formula is C26H24ClFN6O. The molecule has 2 heterocycles. The zero-order chi connectivity index (χ0) is 24.5. The Morgan fingerprint density at radius 1 is 1.23 bits per heavy atom. The van der Waals surface area contributed by atoms with E-state index >= 15 is 4.39 Å². The molecule has 0 amide bonds. The molecule has 1 atom stereocenters. The van der Waals surface area contributed by atoms with Gasteiger partial charge in [-0.15, -0.1) is 0 Å². The average molecular weight is 491 g/mol. The lowest BCUT2D eigenvalue weighted by atomic mass is 9.96. The number of halogens is 2. The van der Waals surface area contributed by atoms with Gasteiger partial charge in [0, 0.05) is 42.8 Å². The van der Waals surface area contributed by atoms with E-state index in [2.05, 4.69) is 27.1 Å². The van der Waals surface area contributed by atoms with Gasteiger partial charge >= 0.3 is 6.01 Å². The number of ether oxygens (including phenoxy) is 1. The second kappa shape index (κ2) is 9.48. The summed E-state index contributed by atoms with van der Waals surface area (Å²) in [5.41, 5.74) is 6.57. The van der Waals surface area contributed by atoms with E-state index in [4.69, 9.17) is 27.5 Å². The Morgan fingerprint density at radius 3 is 2.80 bits per heavy atom. The van der Waals surface area contributed by atoms with Gasteiger partial charge < -0.3 is 26.1 Å². The molecule has 4 N–H and O–H groups in total. The smallest absolute Gasteiger partial charge is 0.324 e. The van der Waals surface area contributed by atoms with Gasteiger partial charge in [-0.05, 0) is 29.3 Å². The summed E-state index contributed by atoms with van der Waals surface area (Å²) in [4.78, 5) is 11.0. The molecule has 0 aliphatic carbocycles. The van der Waals surface area contributed by atoms with E-state index in [9.17, 15) is 0 Å². The van der Waals surface area contributed by atoms with E-state index in [-0.39, 0.29) is 33.9 Å². The lowest BCUT2D eigenvalue weighted by Gasteiger charge is -2.33. The number of benzene rings is 3.